The van der Waals surface area contributed by atoms with Gasteiger partial charge in [0.1, 0.15) is 5.84 Å². The average molecular weight is 334 g/mol. The van der Waals surface area contributed by atoms with Gasteiger partial charge < -0.3 is 15.8 Å². The first-order valence-corrected chi connectivity index (χ1v) is 7.12. The molecular formula is C11H16BrN3O2S. The van der Waals surface area contributed by atoms with Gasteiger partial charge in [0.05, 0.1) is 8.66 Å². The van der Waals surface area contributed by atoms with Crippen molar-refractivity contribution in [1.29, 1.82) is 0 Å². The number of thiophene rings is 1. The molecule has 0 aliphatic rings. The number of halogens is 1. The Bertz CT molecular complexity index is 440. The van der Waals surface area contributed by atoms with Crippen molar-refractivity contribution in [1.82, 2.24) is 4.90 Å². The van der Waals surface area contributed by atoms with E-state index in [4.69, 9.17) is 10.9 Å². The van der Waals surface area contributed by atoms with E-state index in [0.29, 0.717) is 24.4 Å². The fraction of sp³-hybridized carbons (Fsp3) is 0.455. The van der Waals surface area contributed by atoms with Crippen LogP contribution in [0.15, 0.2) is 15.0 Å². The summed E-state index contributed by atoms with van der Waals surface area (Å²) in [5.74, 6) is 0.104. The van der Waals surface area contributed by atoms with Crippen molar-refractivity contribution in [2.24, 2.45) is 10.9 Å². The van der Waals surface area contributed by atoms with Crippen molar-refractivity contribution in [3.05, 3.63) is 20.3 Å². The summed E-state index contributed by atoms with van der Waals surface area (Å²) in [6.45, 7) is 4.88. The minimum absolute atomic E-state index is 0.0259. The predicted octanol–water partition coefficient (Wildman–Crippen LogP) is 2.42. The summed E-state index contributed by atoms with van der Waals surface area (Å²) in [5, 5.41) is 11.4. The van der Waals surface area contributed by atoms with Crippen LogP contribution in [0, 0.1) is 6.92 Å². The lowest BCUT2D eigenvalue weighted by Crippen LogP contribution is -2.33. The SMILES string of the molecule is CCN(CCC(N)=NO)C(=O)c1cc(C)c(Br)s1. The second kappa shape index (κ2) is 6.75. The number of nitrogens with two attached hydrogens (primary N) is 1. The van der Waals surface area contributed by atoms with E-state index in [1.165, 1.54) is 11.3 Å². The van der Waals surface area contributed by atoms with Crippen molar-refractivity contribution in [2.75, 3.05) is 13.1 Å². The maximum atomic E-state index is 12.2. The number of hydrogen-bond acceptors (Lipinski definition) is 4. The molecule has 5 nitrogen and oxygen atoms in total. The Kier molecular flexibility index (Phi) is 5.61. The van der Waals surface area contributed by atoms with Crippen LogP contribution < -0.4 is 5.73 Å². The number of carbonyl (C=O) groups excluding carboxylic acids is 1. The lowest BCUT2D eigenvalue weighted by atomic mass is 10.3. The van der Waals surface area contributed by atoms with Crippen LogP contribution >= 0.6 is 27.3 Å². The summed E-state index contributed by atoms with van der Waals surface area (Å²) >= 11 is 4.83. The molecular weight excluding hydrogens is 318 g/mol. The normalized spacial score (nSPS) is 11.6. The first kappa shape index (κ1) is 15.0. The van der Waals surface area contributed by atoms with E-state index in [2.05, 4.69) is 21.1 Å². The molecule has 0 spiro atoms. The first-order chi connectivity index (χ1) is 8.49. The molecule has 0 aliphatic carbocycles. The molecule has 1 aromatic rings. The molecule has 0 aromatic carbocycles. The Morgan fingerprint density at radius 2 is 2.33 bits per heavy atom. The molecule has 18 heavy (non-hydrogen) atoms. The zero-order valence-electron chi connectivity index (χ0n) is 10.3. The predicted molar refractivity (Wildman–Crippen MR) is 76.4 cm³/mol. The van der Waals surface area contributed by atoms with Crippen LogP contribution in [-0.2, 0) is 0 Å². The van der Waals surface area contributed by atoms with Gasteiger partial charge in [-0.3, -0.25) is 4.79 Å². The van der Waals surface area contributed by atoms with E-state index in [1.54, 1.807) is 4.90 Å². The second-order valence-corrected chi connectivity index (χ2v) is 6.16. The van der Waals surface area contributed by atoms with E-state index in [1.807, 2.05) is 19.9 Å². The molecule has 3 N–H and O–H groups in total. The Hall–Kier alpha value is -1.08. The zero-order chi connectivity index (χ0) is 13.7. The highest BCUT2D eigenvalue weighted by Crippen LogP contribution is 2.28. The third-order valence-electron chi connectivity index (χ3n) is 2.50. The number of amides is 1. The first-order valence-electron chi connectivity index (χ1n) is 5.51. The number of hydrogen-bond donors (Lipinski definition) is 2. The molecule has 0 radical (unpaired) electrons. The highest BCUT2D eigenvalue weighted by atomic mass is 79.9. The van der Waals surface area contributed by atoms with Crippen molar-refractivity contribution in [2.45, 2.75) is 20.3 Å². The zero-order valence-corrected chi connectivity index (χ0v) is 12.7. The minimum atomic E-state index is -0.0259. The molecule has 0 bridgehead atoms. The molecule has 0 saturated heterocycles. The molecule has 1 aromatic heterocycles. The Morgan fingerprint density at radius 1 is 1.67 bits per heavy atom. The van der Waals surface area contributed by atoms with E-state index in [0.717, 1.165) is 9.35 Å². The van der Waals surface area contributed by atoms with Gasteiger partial charge in [-0.1, -0.05) is 5.16 Å². The van der Waals surface area contributed by atoms with Gasteiger partial charge in [0, 0.05) is 19.5 Å². The van der Waals surface area contributed by atoms with Gasteiger partial charge >= 0.3 is 0 Å². The minimum Gasteiger partial charge on any atom is -0.409 e. The summed E-state index contributed by atoms with van der Waals surface area (Å²) in [5.41, 5.74) is 6.45. The van der Waals surface area contributed by atoms with Crippen molar-refractivity contribution >= 4 is 39.0 Å². The van der Waals surface area contributed by atoms with E-state index in [9.17, 15) is 4.79 Å². The van der Waals surface area contributed by atoms with Gasteiger partial charge in [-0.25, -0.2) is 0 Å². The summed E-state index contributed by atoms with van der Waals surface area (Å²) in [6, 6.07) is 1.86. The fourth-order valence-corrected chi connectivity index (χ4v) is 2.93. The second-order valence-electron chi connectivity index (χ2n) is 3.79. The lowest BCUT2D eigenvalue weighted by Gasteiger charge is -2.19. The lowest BCUT2D eigenvalue weighted by molar-refractivity contribution is 0.0773. The van der Waals surface area contributed by atoms with Crippen LogP contribution in [0.3, 0.4) is 0 Å². The van der Waals surface area contributed by atoms with Crippen LogP contribution in [0.2, 0.25) is 0 Å². The topological polar surface area (TPSA) is 78.9 Å². The van der Waals surface area contributed by atoms with Crippen LogP contribution in [0.1, 0.15) is 28.6 Å². The van der Waals surface area contributed by atoms with Crippen LogP contribution in [-0.4, -0.2) is 34.9 Å². The van der Waals surface area contributed by atoms with E-state index >= 15 is 0 Å². The van der Waals surface area contributed by atoms with Crippen molar-refractivity contribution in [3.63, 3.8) is 0 Å². The van der Waals surface area contributed by atoms with E-state index in [-0.39, 0.29) is 11.7 Å². The quantitative estimate of drug-likeness (QED) is 0.376. The average Bonchev–Trinajstić information content (AvgIpc) is 2.69. The number of nitrogens with zero attached hydrogens (tertiary/aromatic N) is 2. The fourth-order valence-electron chi connectivity index (χ4n) is 1.42. The number of rotatable bonds is 5. The Labute approximate surface area is 118 Å². The molecule has 1 rings (SSSR count). The summed E-state index contributed by atoms with van der Waals surface area (Å²) in [6.07, 6.45) is 0.363. The number of amidine groups is 1. The Morgan fingerprint density at radius 3 is 2.78 bits per heavy atom. The molecule has 100 valence electrons. The molecule has 7 heteroatoms. The maximum Gasteiger partial charge on any atom is 0.263 e. The highest BCUT2D eigenvalue weighted by Gasteiger charge is 2.17. The molecule has 1 heterocycles. The van der Waals surface area contributed by atoms with Crippen LogP contribution in [0.25, 0.3) is 0 Å². The molecule has 0 atom stereocenters. The number of carbonyl (C=O) groups is 1. The van der Waals surface area contributed by atoms with Crippen molar-refractivity contribution < 1.29 is 10.0 Å². The highest BCUT2D eigenvalue weighted by molar-refractivity contribution is 9.11. The smallest absolute Gasteiger partial charge is 0.263 e. The standard InChI is InChI=1S/C11H16BrN3O2S/c1-3-15(5-4-9(13)14-17)11(16)8-6-7(2)10(12)18-8/h6,17H,3-5H2,1-2H3,(H2,13,14). The van der Waals surface area contributed by atoms with Crippen molar-refractivity contribution in [3.8, 4) is 0 Å². The van der Waals surface area contributed by atoms with Gasteiger partial charge in [-0.05, 0) is 41.4 Å². The molecule has 0 saturated carbocycles. The van der Waals surface area contributed by atoms with Gasteiger partial charge in [0.25, 0.3) is 5.91 Å². The van der Waals surface area contributed by atoms with Gasteiger partial charge in [0.15, 0.2) is 0 Å². The number of oxime groups is 1. The maximum absolute atomic E-state index is 12.2. The molecule has 0 fully saturated rings. The third kappa shape index (κ3) is 3.71. The summed E-state index contributed by atoms with van der Waals surface area (Å²) < 4.78 is 0.971. The number of aryl methyl sites for hydroxylation is 1. The van der Waals surface area contributed by atoms with Gasteiger partial charge in [-0.2, -0.15) is 0 Å². The summed E-state index contributed by atoms with van der Waals surface area (Å²) in [7, 11) is 0. The Balaban J connectivity index is 2.73. The van der Waals surface area contributed by atoms with Gasteiger partial charge in [-0.15, -0.1) is 11.3 Å². The monoisotopic (exact) mass is 333 g/mol. The molecule has 0 unspecified atom stereocenters. The summed E-state index contributed by atoms with van der Waals surface area (Å²) in [4.78, 5) is 14.6. The van der Waals surface area contributed by atoms with Crippen LogP contribution in [0.4, 0.5) is 0 Å². The molecule has 1 amide bonds. The molecule has 0 aliphatic heterocycles. The third-order valence-corrected chi connectivity index (χ3v) is 4.63. The van der Waals surface area contributed by atoms with Crippen LogP contribution in [0.5, 0.6) is 0 Å². The van der Waals surface area contributed by atoms with Gasteiger partial charge in [0.2, 0.25) is 0 Å². The van der Waals surface area contributed by atoms with E-state index < -0.39 is 0 Å². The largest absolute Gasteiger partial charge is 0.409 e.